The second kappa shape index (κ2) is 11.2. The molecular formula is C52H32O4S2. The molecule has 0 unspecified atom stereocenters. The number of carbonyl (C=O) groups excluding carboxylic acids is 4. The van der Waals surface area contributed by atoms with Gasteiger partial charge in [-0.05, 0) is 138 Å². The van der Waals surface area contributed by atoms with Gasteiger partial charge in [0, 0.05) is 42.8 Å². The van der Waals surface area contributed by atoms with E-state index in [9.17, 15) is 19.2 Å². The summed E-state index contributed by atoms with van der Waals surface area (Å²) >= 11 is 3.48. The molecule has 276 valence electrons. The zero-order chi connectivity index (χ0) is 39.6. The Morgan fingerprint density at radius 2 is 0.707 bits per heavy atom. The van der Waals surface area contributed by atoms with Gasteiger partial charge in [-0.25, -0.2) is 0 Å². The third kappa shape index (κ3) is 4.39. The van der Waals surface area contributed by atoms with Crippen LogP contribution in [0, 0.1) is 0 Å². The minimum absolute atomic E-state index is 0.218. The first-order chi connectivity index (χ1) is 27.9. The second-order valence-corrected chi connectivity index (χ2v) is 19.2. The molecule has 0 spiro atoms. The quantitative estimate of drug-likeness (QED) is 0.0994. The molecule has 8 aromatic rings. The molecule has 6 aromatic carbocycles. The van der Waals surface area contributed by atoms with E-state index >= 15 is 0 Å². The molecule has 58 heavy (non-hydrogen) atoms. The van der Waals surface area contributed by atoms with Gasteiger partial charge in [0.2, 0.25) is 0 Å². The third-order valence-electron chi connectivity index (χ3n) is 13.1. The Morgan fingerprint density at radius 1 is 0.414 bits per heavy atom. The van der Waals surface area contributed by atoms with Gasteiger partial charge < -0.3 is 0 Å². The summed E-state index contributed by atoms with van der Waals surface area (Å²) < 4.78 is 2.42. The highest BCUT2D eigenvalue weighted by atomic mass is 32.1. The first kappa shape index (κ1) is 33.8. The van der Waals surface area contributed by atoms with E-state index < -0.39 is 10.8 Å². The molecular weight excluding hydrogens is 753 g/mol. The van der Waals surface area contributed by atoms with Crippen LogP contribution in [-0.4, -0.2) is 23.1 Å². The highest BCUT2D eigenvalue weighted by molar-refractivity contribution is 7.29. The van der Waals surface area contributed by atoms with Crippen LogP contribution in [0.2, 0.25) is 0 Å². The van der Waals surface area contributed by atoms with Crippen molar-refractivity contribution in [3.05, 3.63) is 175 Å². The Balaban J connectivity index is 0.882. The first-order valence-electron chi connectivity index (χ1n) is 19.5. The molecule has 4 aliphatic carbocycles. The van der Waals surface area contributed by atoms with Gasteiger partial charge in [0.25, 0.3) is 0 Å². The fourth-order valence-corrected chi connectivity index (χ4v) is 13.3. The van der Waals surface area contributed by atoms with Crippen molar-refractivity contribution in [1.82, 2.24) is 0 Å². The third-order valence-corrected chi connectivity index (χ3v) is 15.5. The molecule has 0 N–H and O–H groups in total. The first-order valence-corrected chi connectivity index (χ1v) is 21.1. The summed E-state index contributed by atoms with van der Waals surface area (Å²) in [6, 6.07) is 32.1. The number of hydrogen-bond donors (Lipinski definition) is 0. The van der Waals surface area contributed by atoms with Crippen molar-refractivity contribution in [3.63, 3.8) is 0 Å². The summed E-state index contributed by atoms with van der Waals surface area (Å²) in [5.41, 5.74) is 5.74. The van der Waals surface area contributed by atoms with Gasteiger partial charge in [-0.3, -0.25) is 19.2 Å². The topological polar surface area (TPSA) is 68.3 Å². The summed E-state index contributed by atoms with van der Waals surface area (Å²) in [6.45, 7) is 8.70. The predicted octanol–water partition coefficient (Wildman–Crippen LogP) is 12.9. The van der Waals surface area contributed by atoms with Crippen molar-refractivity contribution in [1.29, 1.82) is 0 Å². The van der Waals surface area contributed by atoms with Crippen LogP contribution in [0.3, 0.4) is 0 Å². The number of rotatable bonds is 2. The fourth-order valence-electron chi connectivity index (χ4n) is 9.83. The largest absolute Gasteiger partial charge is 0.288 e. The monoisotopic (exact) mass is 784 g/mol. The van der Waals surface area contributed by atoms with E-state index in [4.69, 9.17) is 0 Å². The van der Waals surface area contributed by atoms with Crippen molar-refractivity contribution < 1.29 is 19.2 Å². The molecule has 4 nitrogen and oxygen atoms in total. The lowest BCUT2D eigenvalue weighted by Gasteiger charge is -2.23. The second-order valence-electron chi connectivity index (χ2n) is 17.1. The van der Waals surface area contributed by atoms with Crippen molar-refractivity contribution in [2.45, 2.75) is 38.5 Å². The van der Waals surface area contributed by atoms with Crippen LogP contribution >= 0.6 is 22.7 Å². The van der Waals surface area contributed by atoms with Crippen molar-refractivity contribution in [3.8, 4) is 0 Å². The smallest absolute Gasteiger partial charge is 0.197 e. The number of hydrogen-bond acceptors (Lipinski definition) is 6. The van der Waals surface area contributed by atoms with Gasteiger partial charge in [0.1, 0.15) is 0 Å². The molecule has 0 radical (unpaired) electrons. The van der Waals surface area contributed by atoms with E-state index in [1.54, 1.807) is 22.7 Å². The van der Waals surface area contributed by atoms with Gasteiger partial charge in [-0.15, -0.1) is 22.7 Å². The molecule has 4 aliphatic rings. The number of fused-ring (bicyclic) bond motifs is 11. The van der Waals surface area contributed by atoms with E-state index in [-0.39, 0.29) is 34.3 Å². The lowest BCUT2D eigenvalue weighted by Crippen LogP contribution is -2.17. The molecule has 0 atom stereocenters. The normalized spacial score (nSPS) is 17.5. The summed E-state index contributed by atoms with van der Waals surface area (Å²) in [5.74, 6) is -0.889. The average Bonchev–Trinajstić information content (AvgIpc) is 3.97. The molecule has 0 bridgehead atoms. The van der Waals surface area contributed by atoms with Gasteiger partial charge in [0.05, 0.1) is 20.5 Å². The maximum Gasteiger partial charge on any atom is 0.197 e. The number of thiophene rings is 2. The van der Waals surface area contributed by atoms with Gasteiger partial charge in [-0.1, -0.05) is 76.2 Å². The van der Waals surface area contributed by atoms with Crippen LogP contribution in [0.1, 0.15) is 90.0 Å². The predicted molar refractivity (Wildman–Crippen MR) is 238 cm³/mol. The van der Waals surface area contributed by atoms with E-state index in [0.717, 1.165) is 64.0 Å². The Morgan fingerprint density at radius 3 is 1.00 bits per heavy atom. The highest BCUT2D eigenvalue weighted by Crippen LogP contribution is 2.58. The van der Waals surface area contributed by atoms with Gasteiger partial charge in [-0.2, -0.15) is 0 Å². The highest BCUT2D eigenvalue weighted by Gasteiger charge is 2.44. The summed E-state index contributed by atoms with van der Waals surface area (Å²) in [4.78, 5) is 57.9. The summed E-state index contributed by atoms with van der Waals surface area (Å²) in [5, 5.41) is 8.16. The van der Waals surface area contributed by atoms with Gasteiger partial charge in [0.15, 0.2) is 23.1 Å². The van der Waals surface area contributed by atoms with E-state index in [1.165, 1.54) is 20.5 Å². The van der Waals surface area contributed by atoms with Crippen LogP contribution in [0.5, 0.6) is 0 Å². The van der Waals surface area contributed by atoms with Crippen LogP contribution in [-0.2, 0) is 10.8 Å². The number of allylic oxidation sites excluding steroid dienone is 6. The minimum atomic E-state index is -0.445. The van der Waals surface area contributed by atoms with Crippen LogP contribution < -0.4 is 0 Å². The summed E-state index contributed by atoms with van der Waals surface area (Å²) in [6.07, 6.45) is 7.96. The Kier molecular flexibility index (Phi) is 6.52. The number of benzene rings is 6. The number of ketones is 4. The lowest BCUT2D eigenvalue weighted by molar-refractivity contribution is 0.0973. The standard InChI is InChI=1S/C52H32O4S2/c1-51(2)33(21-39-45(53)35-17-29-13-25-9-5-6-10-26(25)14-30(29)18-36(35)46(39)54)23-41-43(51)49-50(57-41)44-42(58-49)24-34(52(44,3)4)22-40-47(55)37-19-31-15-27-11-7-8-12-28(27)16-32(31)20-38(37)48(40)56/h5-24H,1-4H3. The molecule has 0 fully saturated rings. The van der Waals surface area contributed by atoms with Crippen LogP contribution in [0.25, 0.3) is 64.6 Å². The summed E-state index contributed by atoms with van der Waals surface area (Å²) in [7, 11) is 0. The fraction of sp³-hybridized carbons (Fsp3) is 0.115. The van der Waals surface area contributed by atoms with Crippen LogP contribution in [0.15, 0.2) is 132 Å². The molecule has 0 saturated carbocycles. The van der Waals surface area contributed by atoms with Crippen molar-refractivity contribution in [2.24, 2.45) is 0 Å². The molecule has 6 heteroatoms. The van der Waals surface area contributed by atoms with Crippen molar-refractivity contribution >= 4 is 110 Å². The molecule has 12 rings (SSSR count). The molecule has 0 aliphatic heterocycles. The average molecular weight is 785 g/mol. The number of carbonyl (C=O) groups is 4. The van der Waals surface area contributed by atoms with Crippen LogP contribution in [0.4, 0.5) is 0 Å². The maximum absolute atomic E-state index is 13.9. The Hall–Kier alpha value is -6.34. The van der Waals surface area contributed by atoms with E-state index in [2.05, 4.69) is 88.4 Å². The SMILES string of the molecule is CC1(C)C(C=C2C(=O)c3cc4cc5ccccc5cc4cc3C2=O)=Cc2sc3c4c(sc3c21)C=C(C=C1C(=O)c2cc3cc5ccccc5cc3cc2C1=O)C4(C)C. The van der Waals surface area contributed by atoms with E-state index in [1.807, 2.05) is 60.7 Å². The lowest BCUT2D eigenvalue weighted by atomic mass is 9.79. The zero-order valence-corrected chi connectivity index (χ0v) is 33.6. The minimum Gasteiger partial charge on any atom is -0.288 e. The molecule has 0 amide bonds. The van der Waals surface area contributed by atoms with E-state index in [0.29, 0.717) is 22.3 Å². The Labute approximate surface area is 341 Å². The Bertz CT molecular complexity index is 3130. The molecule has 2 aromatic heterocycles. The molecule has 0 saturated heterocycles. The zero-order valence-electron chi connectivity index (χ0n) is 32.0. The molecule has 2 heterocycles. The van der Waals surface area contributed by atoms with Crippen molar-refractivity contribution in [2.75, 3.05) is 0 Å². The maximum atomic E-state index is 13.9. The van der Waals surface area contributed by atoms with Gasteiger partial charge >= 0.3 is 0 Å². The number of Topliss-reactive ketones (excluding diaryl/α,β-unsaturated/α-hetero) is 4.